The fraction of sp³-hybridized carbons (Fsp3) is 0.158. The van der Waals surface area contributed by atoms with Crippen LogP contribution in [0.1, 0.15) is 18.9 Å². The van der Waals surface area contributed by atoms with Gasteiger partial charge in [0, 0.05) is 29.6 Å². The van der Waals surface area contributed by atoms with Crippen molar-refractivity contribution in [1.29, 1.82) is 0 Å². The van der Waals surface area contributed by atoms with Crippen molar-refractivity contribution in [2.75, 3.05) is 5.43 Å². The maximum atomic E-state index is 12.4. The van der Waals surface area contributed by atoms with Crippen molar-refractivity contribution in [3.05, 3.63) is 84.7 Å². The molecule has 0 saturated carbocycles. The maximum Gasteiger partial charge on any atom is 0.301 e. The second-order valence-electron chi connectivity index (χ2n) is 6.19. The van der Waals surface area contributed by atoms with Crippen LogP contribution in [0.15, 0.2) is 58.4 Å². The lowest BCUT2D eigenvalue weighted by atomic mass is 10.1. The van der Waals surface area contributed by atoms with Gasteiger partial charge in [-0.25, -0.2) is 0 Å². The van der Waals surface area contributed by atoms with E-state index in [9.17, 15) is 25.0 Å². The molecule has 10 heteroatoms. The van der Waals surface area contributed by atoms with Gasteiger partial charge in [0.1, 0.15) is 5.69 Å². The van der Waals surface area contributed by atoms with Gasteiger partial charge in [-0.2, -0.15) is 5.10 Å². The Morgan fingerprint density at radius 2 is 1.86 bits per heavy atom. The van der Waals surface area contributed by atoms with Crippen LogP contribution in [0, 0.1) is 20.2 Å². The molecule has 3 rings (SSSR count). The summed E-state index contributed by atoms with van der Waals surface area (Å²) in [6.07, 6.45) is 2.20. The largest absolute Gasteiger partial charge is 0.308 e. The molecule has 1 heterocycles. The minimum Gasteiger partial charge on any atom is -0.308 e. The van der Waals surface area contributed by atoms with Crippen LogP contribution in [0.3, 0.4) is 0 Å². The van der Waals surface area contributed by atoms with Gasteiger partial charge in [-0.3, -0.25) is 30.4 Å². The van der Waals surface area contributed by atoms with Crippen LogP contribution in [0.25, 0.3) is 10.9 Å². The Kier molecular flexibility index (Phi) is 5.63. The monoisotopic (exact) mass is 395 g/mol. The highest BCUT2D eigenvalue weighted by Crippen LogP contribution is 2.29. The molecular formula is C19H17N5O5. The minimum absolute atomic E-state index is 0.000445. The highest BCUT2D eigenvalue weighted by Gasteiger charge is 2.19. The first-order valence-corrected chi connectivity index (χ1v) is 8.77. The van der Waals surface area contributed by atoms with Crippen molar-refractivity contribution in [1.82, 2.24) is 4.57 Å². The minimum atomic E-state index is -0.730. The molecule has 29 heavy (non-hydrogen) atoms. The van der Waals surface area contributed by atoms with E-state index in [2.05, 4.69) is 10.5 Å². The molecule has 0 aliphatic heterocycles. The van der Waals surface area contributed by atoms with Crippen LogP contribution < -0.4 is 11.0 Å². The molecule has 0 aliphatic carbocycles. The summed E-state index contributed by atoms with van der Waals surface area (Å²) >= 11 is 0. The summed E-state index contributed by atoms with van der Waals surface area (Å²) in [6.45, 7) is 2.57. The molecule has 0 fully saturated rings. The number of anilines is 1. The Hall–Kier alpha value is -4.08. The fourth-order valence-electron chi connectivity index (χ4n) is 2.97. The molecule has 1 aromatic heterocycles. The molecule has 1 N–H and O–H groups in total. The molecule has 0 saturated heterocycles. The summed E-state index contributed by atoms with van der Waals surface area (Å²) < 4.78 is 1.68. The number of aryl methyl sites for hydroxylation is 1. The zero-order chi connectivity index (χ0) is 21.0. The van der Waals surface area contributed by atoms with E-state index in [4.69, 9.17) is 0 Å². The van der Waals surface area contributed by atoms with E-state index in [-0.39, 0.29) is 11.2 Å². The number of aromatic nitrogens is 1. The predicted molar refractivity (Wildman–Crippen MR) is 109 cm³/mol. The van der Waals surface area contributed by atoms with Gasteiger partial charge in [0.2, 0.25) is 0 Å². The van der Waals surface area contributed by atoms with Crippen molar-refractivity contribution in [2.24, 2.45) is 5.10 Å². The number of nitrogens with zero attached hydrogens (tertiary/aromatic N) is 4. The lowest BCUT2D eigenvalue weighted by Crippen LogP contribution is -2.20. The Bertz CT molecular complexity index is 1190. The zero-order valence-electron chi connectivity index (χ0n) is 15.4. The molecule has 0 bridgehead atoms. The summed E-state index contributed by atoms with van der Waals surface area (Å²) in [5, 5.41) is 26.8. The van der Waals surface area contributed by atoms with E-state index < -0.39 is 21.2 Å². The normalized spacial score (nSPS) is 11.1. The first-order chi connectivity index (χ1) is 13.9. The van der Waals surface area contributed by atoms with Gasteiger partial charge in [0.05, 0.1) is 27.6 Å². The Morgan fingerprint density at radius 1 is 1.10 bits per heavy atom. The van der Waals surface area contributed by atoms with Crippen LogP contribution in [0.2, 0.25) is 0 Å². The second-order valence-corrected chi connectivity index (χ2v) is 6.19. The van der Waals surface area contributed by atoms with Crippen LogP contribution in [0.5, 0.6) is 0 Å². The molecule has 0 atom stereocenters. The predicted octanol–water partition coefficient (Wildman–Crippen LogP) is 3.67. The number of fused-ring (bicyclic) bond motifs is 1. The SMILES string of the molecule is CCCn1c(=O)cc(/C=N/Nc2ccc([N+](=O)[O-])cc2[N+](=O)[O-])c2ccccc21. The van der Waals surface area contributed by atoms with E-state index in [0.29, 0.717) is 12.1 Å². The second kappa shape index (κ2) is 8.30. The first kappa shape index (κ1) is 19.7. The molecule has 2 aromatic carbocycles. The number of nitrogens with one attached hydrogen (secondary N) is 1. The van der Waals surface area contributed by atoms with E-state index in [1.807, 2.05) is 31.2 Å². The summed E-state index contributed by atoms with van der Waals surface area (Å²) in [5.41, 5.74) is 2.81. The molecule has 0 spiro atoms. The zero-order valence-corrected chi connectivity index (χ0v) is 15.4. The molecule has 0 aliphatic rings. The highest BCUT2D eigenvalue weighted by atomic mass is 16.6. The third-order valence-electron chi connectivity index (χ3n) is 4.28. The van der Waals surface area contributed by atoms with Crippen molar-refractivity contribution in [3.63, 3.8) is 0 Å². The number of hydrazone groups is 1. The smallest absolute Gasteiger partial charge is 0.301 e. The van der Waals surface area contributed by atoms with Crippen LogP contribution in [0.4, 0.5) is 17.1 Å². The van der Waals surface area contributed by atoms with E-state index in [1.165, 1.54) is 18.3 Å². The summed E-state index contributed by atoms with van der Waals surface area (Å²) in [5.74, 6) is 0. The number of nitro groups is 2. The summed E-state index contributed by atoms with van der Waals surface area (Å²) in [4.78, 5) is 33.0. The van der Waals surface area contributed by atoms with Crippen LogP contribution in [-0.2, 0) is 6.54 Å². The average molecular weight is 395 g/mol. The standard InChI is InChI=1S/C19H17N5O5/c1-2-9-22-17-6-4-3-5-15(17)13(10-19(22)25)12-20-21-16-8-7-14(23(26)27)11-18(16)24(28)29/h3-8,10-12,21H,2,9H2,1H3/b20-12+. The molecule has 0 unspecified atom stereocenters. The number of benzene rings is 2. The number of hydrogen-bond donors (Lipinski definition) is 1. The molecule has 0 amide bonds. The number of para-hydroxylation sites is 1. The van der Waals surface area contributed by atoms with E-state index in [0.717, 1.165) is 29.5 Å². The summed E-state index contributed by atoms with van der Waals surface area (Å²) in [6, 6.07) is 12.1. The van der Waals surface area contributed by atoms with Gasteiger partial charge in [-0.05, 0) is 18.6 Å². The lowest BCUT2D eigenvalue weighted by molar-refractivity contribution is -0.393. The molecular weight excluding hydrogens is 378 g/mol. The quantitative estimate of drug-likeness (QED) is 0.369. The lowest BCUT2D eigenvalue weighted by Gasteiger charge is -2.10. The topological polar surface area (TPSA) is 133 Å². The summed E-state index contributed by atoms with van der Waals surface area (Å²) in [7, 11) is 0. The number of pyridine rings is 1. The van der Waals surface area contributed by atoms with Gasteiger partial charge in [-0.15, -0.1) is 0 Å². The van der Waals surface area contributed by atoms with Crippen molar-refractivity contribution in [2.45, 2.75) is 19.9 Å². The van der Waals surface area contributed by atoms with Gasteiger partial charge in [0.25, 0.3) is 11.2 Å². The van der Waals surface area contributed by atoms with Gasteiger partial charge >= 0.3 is 5.69 Å². The molecule has 3 aromatic rings. The first-order valence-electron chi connectivity index (χ1n) is 8.77. The Morgan fingerprint density at radius 3 is 2.55 bits per heavy atom. The fourth-order valence-corrected chi connectivity index (χ4v) is 2.97. The molecule has 148 valence electrons. The number of nitro benzene ring substituents is 2. The van der Waals surface area contributed by atoms with E-state index >= 15 is 0 Å². The number of hydrogen-bond acceptors (Lipinski definition) is 7. The third kappa shape index (κ3) is 4.10. The van der Waals surface area contributed by atoms with E-state index in [1.54, 1.807) is 4.57 Å². The number of non-ortho nitro benzene ring substituents is 1. The van der Waals surface area contributed by atoms with Crippen LogP contribution in [-0.4, -0.2) is 20.6 Å². The highest BCUT2D eigenvalue weighted by molar-refractivity contribution is 5.98. The Labute approximate surface area is 164 Å². The van der Waals surface area contributed by atoms with Gasteiger partial charge < -0.3 is 4.57 Å². The van der Waals surface area contributed by atoms with Crippen molar-refractivity contribution < 1.29 is 9.85 Å². The third-order valence-corrected chi connectivity index (χ3v) is 4.28. The van der Waals surface area contributed by atoms with Gasteiger partial charge in [-0.1, -0.05) is 25.1 Å². The number of rotatable bonds is 7. The average Bonchev–Trinajstić information content (AvgIpc) is 2.70. The van der Waals surface area contributed by atoms with Crippen molar-refractivity contribution >= 4 is 34.2 Å². The molecule has 10 nitrogen and oxygen atoms in total. The molecule has 0 radical (unpaired) electrons. The maximum absolute atomic E-state index is 12.4. The van der Waals surface area contributed by atoms with Crippen LogP contribution >= 0.6 is 0 Å². The Balaban J connectivity index is 1.97. The van der Waals surface area contributed by atoms with Crippen molar-refractivity contribution in [3.8, 4) is 0 Å². The van der Waals surface area contributed by atoms with Gasteiger partial charge in [0.15, 0.2) is 0 Å².